The quantitative estimate of drug-likeness (QED) is 0.268. The van der Waals surface area contributed by atoms with Gasteiger partial charge in [-0.1, -0.05) is 30.9 Å². The highest BCUT2D eigenvalue weighted by Crippen LogP contribution is 2.34. The van der Waals surface area contributed by atoms with Crippen LogP contribution in [0.25, 0.3) is 5.57 Å². The molecule has 1 amide bonds. The molecule has 3 rings (SSSR count). The fourth-order valence-corrected chi connectivity index (χ4v) is 4.98. The third-order valence-corrected chi connectivity index (χ3v) is 6.87. The molecular formula is C32H40F3N3O2. The minimum absolute atomic E-state index is 0.107. The Morgan fingerprint density at radius 1 is 1.18 bits per heavy atom. The maximum Gasteiger partial charge on any atom is 0.410 e. The van der Waals surface area contributed by atoms with Crippen molar-refractivity contribution in [3.8, 4) is 0 Å². The first-order valence-corrected chi connectivity index (χ1v) is 13.6. The lowest BCUT2D eigenvalue weighted by atomic mass is 9.89. The molecule has 2 aliphatic rings. The highest BCUT2D eigenvalue weighted by molar-refractivity contribution is 6.10. The molecule has 0 saturated carbocycles. The summed E-state index contributed by atoms with van der Waals surface area (Å²) in [6.45, 7) is 19.6. The third-order valence-electron chi connectivity index (χ3n) is 6.87. The van der Waals surface area contributed by atoms with E-state index in [1.54, 1.807) is 4.90 Å². The van der Waals surface area contributed by atoms with Crippen molar-refractivity contribution in [3.05, 3.63) is 88.4 Å². The van der Waals surface area contributed by atoms with Gasteiger partial charge in [0.2, 0.25) is 0 Å². The molecule has 0 radical (unpaired) electrons. The molecule has 0 aromatic heterocycles. The second kappa shape index (κ2) is 12.7. The highest BCUT2D eigenvalue weighted by atomic mass is 19.2. The number of hydrogen-bond acceptors (Lipinski definition) is 4. The van der Waals surface area contributed by atoms with E-state index in [0.29, 0.717) is 37.5 Å². The Morgan fingerprint density at radius 3 is 2.38 bits per heavy atom. The number of amides is 1. The van der Waals surface area contributed by atoms with Crippen molar-refractivity contribution >= 4 is 17.4 Å². The Bertz CT molecular complexity index is 1290. The van der Waals surface area contributed by atoms with Gasteiger partial charge in [-0.3, -0.25) is 4.99 Å². The summed E-state index contributed by atoms with van der Waals surface area (Å²) < 4.78 is 47.3. The molecule has 2 aliphatic heterocycles. The van der Waals surface area contributed by atoms with Crippen LogP contribution in [-0.4, -0.2) is 59.4 Å². The van der Waals surface area contributed by atoms with Crippen molar-refractivity contribution in [1.29, 1.82) is 0 Å². The zero-order valence-corrected chi connectivity index (χ0v) is 24.6. The van der Waals surface area contributed by atoms with Crippen LogP contribution in [0.4, 0.5) is 18.0 Å². The average molecular weight is 556 g/mol. The van der Waals surface area contributed by atoms with Gasteiger partial charge in [-0.05, 0) is 82.9 Å². The van der Waals surface area contributed by atoms with Gasteiger partial charge in [-0.15, -0.1) is 0 Å². The fraction of sp³-hybridized carbons (Fsp3) is 0.438. The number of rotatable bonds is 6. The van der Waals surface area contributed by atoms with Gasteiger partial charge >= 0.3 is 6.09 Å². The van der Waals surface area contributed by atoms with Crippen molar-refractivity contribution in [2.45, 2.75) is 66.5 Å². The van der Waals surface area contributed by atoms with Crippen LogP contribution in [0.5, 0.6) is 0 Å². The lowest BCUT2D eigenvalue weighted by Crippen LogP contribution is -2.54. The van der Waals surface area contributed by atoms with Crippen LogP contribution in [0.15, 0.2) is 70.4 Å². The number of piperazine rings is 1. The average Bonchev–Trinajstić information content (AvgIpc) is 3.02. The van der Waals surface area contributed by atoms with Gasteiger partial charge in [0.15, 0.2) is 17.5 Å². The maximum absolute atomic E-state index is 14.0. The van der Waals surface area contributed by atoms with Gasteiger partial charge in [-0.2, -0.15) is 0 Å². The monoisotopic (exact) mass is 555 g/mol. The zero-order valence-electron chi connectivity index (χ0n) is 24.6. The topological polar surface area (TPSA) is 45.1 Å². The maximum atomic E-state index is 14.0. The number of carbonyl (C=O) groups excluding carboxylic acids is 1. The largest absolute Gasteiger partial charge is 0.444 e. The summed E-state index contributed by atoms with van der Waals surface area (Å²) in [5.74, 6) is -4.02. The van der Waals surface area contributed by atoms with E-state index in [1.165, 1.54) is 0 Å². The van der Waals surface area contributed by atoms with E-state index in [-0.39, 0.29) is 24.1 Å². The molecule has 1 aromatic rings. The molecule has 0 aliphatic carbocycles. The van der Waals surface area contributed by atoms with Gasteiger partial charge < -0.3 is 14.5 Å². The Hall–Kier alpha value is -3.55. The summed E-state index contributed by atoms with van der Waals surface area (Å²) in [7, 11) is 0. The van der Waals surface area contributed by atoms with Crippen LogP contribution in [0.1, 0.15) is 60.5 Å². The molecule has 1 atom stereocenters. The summed E-state index contributed by atoms with van der Waals surface area (Å²) in [5, 5.41) is 0. The Morgan fingerprint density at radius 2 is 1.82 bits per heavy atom. The van der Waals surface area contributed by atoms with Crippen LogP contribution in [0.3, 0.4) is 0 Å². The second-order valence-corrected chi connectivity index (χ2v) is 11.1. The van der Waals surface area contributed by atoms with E-state index in [4.69, 9.17) is 9.73 Å². The van der Waals surface area contributed by atoms with E-state index in [2.05, 4.69) is 17.6 Å². The van der Waals surface area contributed by atoms with Crippen LogP contribution in [-0.2, 0) is 4.74 Å². The molecule has 1 fully saturated rings. The Kier molecular flexibility index (Phi) is 9.87. The van der Waals surface area contributed by atoms with Crippen LogP contribution in [0, 0.1) is 17.5 Å². The van der Waals surface area contributed by atoms with Crippen molar-refractivity contribution in [2.75, 3.05) is 26.2 Å². The van der Waals surface area contributed by atoms with E-state index in [9.17, 15) is 18.0 Å². The molecule has 1 aromatic carbocycles. The number of allylic oxidation sites excluding steroid dienone is 7. The molecule has 216 valence electrons. The smallest absolute Gasteiger partial charge is 0.410 e. The Balaban J connectivity index is 2.03. The minimum Gasteiger partial charge on any atom is -0.444 e. The number of aliphatic imine (C=N–C) groups is 1. The number of nitrogens with zero attached hydrogens (tertiary/aromatic N) is 3. The molecule has 1 saturated heterocycles. The third kappa shape index (κ3) is 7.14. The predicted molar refractivity (Wildman–Crippen MR) is 156 cm³/mol. The van der Waals surface area contributed by atoms with E-state index >= 15 is 0 Å². The van der Waals surface area contributed by atoms with Crippen LogP contribution >= 0.6 is 0 Å². The van der Waals surface area contributed by atoms with Crippen molar-refractivity contribution in [2.24, 2.45) is 4.99 Å². The molecule has 5 nitrogen and oxygen atoms in total. The number of hydrogen-bond donors (Lipinski definition) is 0. The minimum atomic E-state index is -1.50. The van der Waals surface area contributed by atoms with Gasteiger partial charge in [0.1, 0.15) is 5.60 Å². The lowest BCUT2D eigenvalue weighted by Gasteiger charge is -2.43. The summed E-state index contributed by atoms with van der Waals surface area (Å²) >= 11 is 0. The SMILES string of the molecule is C=C(CC1=NCC=C(C)C(N2CCN(C(=O)OC(C)(C)C)[C@H](C)C2)=C1C(/C=C\C)=C\C)c1cc(F)c(F)c(F)c1. The summed E-state index contributed by atoms with van der Waals surface area (Å²) in [5.41, 5.74) is 4.61. The van der Waals surface area contributed by atoms with Crippen molar-refractivity contribution in [1.82, 2.24) is 9.80 Å². The molecule has 0 unspecified atom stereocenters. The zero-order chi connectivity index (χ0) is 29.8. The number of ether oxygens (including phenoxy) is 1. The first-order valence-electron chi connectivity index (χ1n) is 13.6. The predicted octanol–water partition coefficient (Wildman–Crippen LogP) is 7.63. The molecule has 0 bridgehead atoms. The molecule has 2 heterocycles. The van der Waals surface area contributed by atoms with Crippen molar-refractivity contribution in [3.63, 3.8) is 0 Å². The van der Waals surface area contributed by atoms with Gasteiger partial charge in [0, 0.05) is 49.1 Å². The summed E-state index contributed by atoms with van der Waals surface area (Å²) in [4.78, 5) is 21.7. The van der Waals surface area contributed by atoms with Crippen LogP contribution < -0.4 is 0 Å². The second-order valence-electron chi connectivity index (χ2n) is 11.1. The molecule has 8 heteroatoms. The molecule has 40 heavy (non-hydrogen) atoms. The highest BCUT2D eigenvalue weighted by Gasteiger charge is 2.34. The normalized spacial score (nSPS) is 19.1. The summed E-state index contributed by atoms with van der Waals surface area (Å²) in [6, 6.07) is 1.82. The van der Waals surface area contributed by atoms with Gasteiger partial charge in [-0.25, -0.2) is 18.0 Å². The van der Waals surface area contributed by atoms with Gasteiger partial charge in [0.25, 0.3) is 0 Å². The van der Waals surface area contributed by atoms with Crippen LogP contribution in [0.2, 0.25) is 0 Å². The standard InChI is InChI=1S/C32H40F3N3O2/c1-9-11-23(10-2)28-27(16-21(4)24-17-25(33)29(35)26(34)18-24)36-13-12-20(3)30(28)37-14-15-38(22(5)19-37)31(39)40-32(6,7)8/h9-12,17-18,22H,4,13-16,19H2,1-3,5-8H3/b11-9-,23-10-/t22-/m1/s1. The van der Waals surface area contributed by atoms with Gasteiger partial charge in [0.05, 0.1) is 6.54 Å². The lowest BCUT2D eigenvalue weighted by molar-refractivity contribution is 0.00517. The number of carbonyl (C=O) groups is 1. The first kappa shape index (κ1) is 31.0. The van der Waals surface area contributed by atoms with E-state index < -0.39 is 23.1 Å². The fourth-order valence-electron chi connectivity index (χ4n) is 4.98. The Labute approximate surface area is 236 Å². The van der Waals surface area contributed by atoms with E-state index in [0.717, 1.165) is 34.5 Å². The van der Waals surface area contributed by atoms with E-state index in [1.807, 2.05) is 66.7 Å². The molecular weight excluding hydrogens is 515 g/mol. The van der Waals surface area contributed by atoms with Crippen molar-refractivity contribution < 1.29 is 22.7 Å². The number of benzene rings is 1. The molecule has 0 spiro atoms. The first-order chi connectivity index (χ1) is 18.8. The molecule has 0 N–H and O–H groups in total. The number of halogens is 3. The summed E-state index contributed by atoms with van der Waals surface area (Å²) in [6.07, 6.45) is 7.89.